The third kappa shape index (κ3) is 3.69. The van der Waals surface area contributed by atoms with Crippen LogP contribution in [0.1, 0.15) is 18.1 Å². The molecule has 7 nitrogen and oxygen atoms in total. The highest BCUT2D eigenvalue weighted by Crippen LogP contribution is 2.34. The molecule has 0 amide bonds. The standard InChI is InChI=1S/C21H18F2N4O3/c1-21(10-28)9-27-17(29-11-21)6-12-4-14(22)19(15(23)5-12)30-16-2-3-25-20-18(16)13(7-24)8-26-20/h2-5,8,28H,6,9-11H2,1H3,(H,25,26). The second kappa shape index (κ2) is 7.72. The molecule has 2 aromatic heterocycles. The molecule has 9 heteroatoms. The number of aliphatic hydroxyl groups excluding tert-OH is 1. The van der Waals surface area contributed by atoms with Crippen molar-refractivity contribution >= 4 is 16.9 Å². The number of H-pyrrole nitrogens is 1. The van der Waals surface area contributed by atoms with Gasteiger partial charge in [-0.1, -0.05) is 6.92 Å². The van der Waals surface area contributed by atoms with Crippen LogP contribution in [0.3, 0.4) is 0 Å². The largest absolute Gasteiger partial charge is 0.480 e. The lowest BCUT2D eigenvalue weighted by atomic mass is 9.92. The number of aromatic nitrogens is 2. The van der Waals surface area contributed by atoms with E-state index in [4.69, 9.17) is 9.47 Å². The van der Waals surface area contributed by atoms with E-state index in [0.29, 0.717) is 29.0 Å². The molecule has 1 aromatic carbocycles. The molecule has 30 heavy (non-hydrogen) atoms. The minimum atomic E-state index is -0.888. The molecule has 154 valence electrons. The van der Waals surface area contributed by atoms with Crippen LogP contribution in [0.2, 0.25) is 0 Å². The summed E-state index contributed by atoms with van der Waals surface area (Å²) in [7, 11) is 0. The molecule has 0 aliphatic carbocycles. The normalized spacial score (nSPS) is 18.6. The SMILES string of the molecule is CC1(CO)CN=C(Cc2cc(F)c(Oc3ccnc4[nH]cc(C#N)c34)c(F)c2)OC1. The van der Waals surface area contributed by atoms with Crippen LogP contribution < -0.4 is 4.74 Å². The van der Waals surface area contributed by atoms with Crippen molar-refractivity contribution in [3.63, 3.8) is 0 Å². The van der Waals surface area contributed by atoms with Gasteiger partial charge in [-0.2, -0.15) is 5.26 Å². The first-order chi connectivity index (χ1) is 14.4. The topological polar surface area (TPSA) is 104 Å². The quantitative estimate of drug-likeness (QED) is 0.668. The van der Waals surface area contributed by atoms with E-state index in [9.17, 15) is 19.1 Å². The highest BCUT2D eigenvalue weighted by atomic mass is 19.1. The van der Waals surface area contributed by atoms with Crippen molar-refractivity contribution < 1.29 is 23.4 Å². The Morgan fingerprint density at radius 1 is 1.37 bits per heavy atom. The molecule has 0 spiro atoms. The number of nitrogens with zero attached hydrogens (tertiary/aromatic N) is 3. The van der Waals surface area contributed by atoms with Crippen molar-refractivity contribution in [2.24, 2.45) is 10.4 Å². The fraction of sp³-hybridized carbons (Fsp3) is 0.286. The van der Waals surface area contributed by atoms with Gasteiger partial charge in [0.05, 0.1) is 30.7 Å². The molecule has 3 heterocycles. The summed E-state index contributed by atoms with van der Waals surface area (Å²) in [6.45, 7) is 2.44. The predicted molar refractivity (Wildman–Crippen MR) is 104 cm³/mol. The van der Waals surface area contributed by atoms with E-state index in [-0.39, 0.29) is 30.9 Å². The Morgan fingerprint density at radius 2 is 2.13 bits per heavy atom. The summed E-state index contributed by atoms with van der Waals surface area (Å²) in [6.07, 6.45) is 2.98. The molecule has 0 fully saturated rings. The van der Waals surface area contributed by atoms with Crippen molar-refractivity contribution in [3.05, 3.63) is 53.4 Å². The number of pyridine rings is 1. The Balaban J connectivity index is 1.59. The molecule has 1 unspecified atom stereocenters. The lowest BCUT2D eigenvalue weighted by Crippen LogP contribution is -2.36. The first-order valence-electron chi connectivity index (χ1n) is 9.21. The number of hydrogen-bond acceptors (Lipinski definition) is 6. The number of nitriles is 1. The van der Waals surface area contributed by atoms with Crippen LogP contribution in [-0.2, 0) is 11.2 Å². The number of ether oxygens (including phenoxy) is 2. The van der Waals surface area contributed by atoms with Gasteiger partial charge in [-0.3, -0.25) is 4.99 Å². The average molecular weight is 412 g/mol. The fourth-order valence-corrected chi connectivity index (χ4v) is 3.13. The van der Waals surface area contributed by atoms with Crippen LogP contribution in [0.5, 0.6) is 11.5 Å². The molecule has 0 saturated carbocycles. The number of aliphatic hydroxyl groups is 1. The molecule has 2 N–H and O–H groups in total. The minimum Gasteiger partial charge on any atom is -0.480 e. The van der Waals surface area contributed by atoms with Gasteiger partial charge >= 0.3 is 0 Å². The predicted octanol–water partition coefficient (Wildman–Crippen LogP) is 3.47. The van der Waals surface area contributed by atoms with Crippen LogP contribution in [0, 0.1) is 28.4 Å². The lowest BCUT2D eigenvalue weighted by molar-refractivity contribution is 0.0691. The number of benzene rings is 1. The second-order valence-electron chi connectivity index (χ2n) is 7.48. The van der Waals surface area contributed by atoms with E-state index in [1.54, 1.807) is 0 Å². The zero-order chi connectivity index (χ0) is 21.3. The molecular weight excluding hydrogens is 394 g/mol. The first kappa shape index (κ1) is 19.8. The summed E-state index contributed by atoms with van der Waals surface area (Å²) in [5, 5.41) is 18.9. The number of fused-ring (bicyclic) bond motifs is 1. The Hall–Kier alpha value is -3.51. The number of halogens is 2. The van der Waals surface area contributed by atoms with Gasteiger partial charge in [0.1, 0.15) is 17.5 Å². The number of nitrogens with one attached hydrogen (secondary N) is 1. The van der Waals surface area contributed by atoms with E-state index in [1.165, 1.54) is 18.5 Å². The van der Waals surface area contributed by atoms with Crippen molar-refractivity contribution in [3.8, 4) is 17.6 Å². The Labute approximate surface area is 170 Å². The molecule has 1 aliphatic rings. The Kier molecular flexibility index (Phi) is 5.10. The minimum absolute atomic E-state index is 0.0595. The summed E-state index contributed by atoms with van der Waals surface area (Å²) >= 11 is 0. The molecule has 1 atom stereocenters. The number of rotatable bonds is 5. The van der Waals surface area contributed by atoms with Crippen LogP contribution >= 0.6 is 0 Å². The van der Waals surface area contributed by atoms with Crippen LogP contribution in [0.25, 0.3) is 11.0 Å². The molecule has 1 aliphatic heterocycles. The number of aromatic amines is 1. The van der Waals surface area contributed by atoms with Gasteiger partial charge < -0.3 is 19.6 Å². The third-order valence-corrected chi connectivity index (χ3v) is 4.89. The highest BCUT2D eigenvalue weighted by Gasteiger charge is 2.29. The zero-order valence-electron chi connectivity index (χ0n) is 16.1. The van der Waals surface area contributed by atoms with E-state index in [0.717, 1.165) is 12.1 Å². The molecule has 0 saturated heterocycles. The van der Waals surface area contributed by atoms with Gasteiger partial charge in [0.15, 0.2) is 23.3 Å². The van der Waals surface area contributed by atoms with E-state index in [2.05, 4.69) is 15.0 Å². The van der Waals surface area contributed by atoms with Gasteiger partial charge in [-0.15, -0.1) is 0 Å². The molecule has 0 radical (unpaired) electrons. The van der Waals surface area contributed by atoms with Crippen molar-refractivity contribution in [1.29, 1.82) is 5.26 Å². The Morgan fingerprint density at radius 3 is 2.77 bits per heavy atom. The van der Waals surface area contributed by atoms with Gasteiger partial charge in [0.25, 0.3) is 0 Å². The van der Waals surface area contributed by atoms with Gasteiger partial charge in [-0.25, -0.2) is 13.8 Å². The summed E-state index contributed by atoms with van der Waals surface area (Å²) in [5.74, 6) is -1.88. The van der Waals surface area contributed by atoms with Crippen LogP contribution in [0.15, 0.2) is 35.6 Å². The molecule has 3 aromatic rings. The van der Waals surface area contributed by atoms with Crippen molar-refractivity contribution in [2.45, 2.75) is 13.3 Å². The van der Waals surface area contributed by atoms with Crippen molar-refractivity contribution in [2.75, 3.05) is 19.8 Å². The van der Waals surface area contributed by atoms with Crippen LogP contribution in [-0.4, -0.2) is 40.7 Å². The number of hydrogen-bond donors (Lipinski definition) is 2. The third-order valence-electron chi connectivity index (χ3n) is 4.89. The molecule has 0 bridgehead atoms. The molecule has 4 rings (SSSR count). The maximum atomic E-state index is 14.7. The van der Waals surface area contributed by atoms with E-state index in [1.807, 2.05) is 13.0 Å². The van der Waals surface area contributed by atoms with Gasteiger partial charge in [0.2, 0.25) is 0 Å². The average Bonchev–Trinajstić information content (AvgIpc) is 3.17. The van der Waals surface area contributed by atoms with E-state index >= 15 is 0 Å². The van der Waals surface area contributed by atoms with Crippen molar-refractivity contribution in [1.82, 2.24) is 9.97 Å². The maximum absolute atomic E-state index is 14.7. The first-order valence-corrected chi connectivity index (χ1v) is 9.21. The molecular formula is C21H18F2N4O3. The summed E-state index contributed by atoms with van der Waals surface area (Å²) in [5.41, 5.74) is 0.522. The van der Waals surface area contributed by atoms with Crippen LogP contribution in [0.4, 0.5) is 8.78 Å². The fourth-order valence-electron chi connectivity index (χ4n) is 3.13. The Bertz CT molecular complexity index is 1160. The lowest BCUT2D eigenvalue weighted by Gasteiger charge is -2.30. The zero-order valence-corrected chi connectivity index (χ0v) is 16.1. The summed E-state index contributed by atoms with van der Waals surface area (Å²) in [6, 6.07) is 5.74. The summed E-state index contributed by atoms with van der Waals surface area (Å²) in [4.78, 5) is 11.2. The van der Waals surface area contributed by atoms with Gasteiger partial charge in [-0.05, 0) is 23.8 Å². The summed E-state index contributed by atoms with van der Waals surface area (Å²) < 4.78 is 40.4. The maximum Gasteiger partial charge on any atom is 0.198 e. The van der Waals surface area contributed by atoms with Gasteiger partial charge in [0, 0.05) is 24.2 Å². The monoisotopic (exact) mass is 412 g/mol. The number of aliphatic imine (C=N–C) groups is 1. The second-order valence-corrected chi connectivity index (χ2v) is 7.48. The highest BCUT2D eigenvalue weighted by molar-refractivity contribution is 5.88. The van der Waals surface area contributed by atoms with E-state index < -0.39 is 22.8 Å². The smallest absolute Gasteiger partial charge is 0.198 e.